The number of carbonyl (C=O) groups is 1. The molecule has 0 aliphatic rings. The van der Waals surface area contributed by atoms with Gasteiger partial charge in [0, 0.05) is 13.2 Å². The molecule has 0 aliphatic heterocycles. The maximum atomic E-state index is 11.0. The highest BCUT2D eigenvalue weighted by Gasteiger charge is 2.06. The molecular formula is C12H19NO4. The average molecular weight is 241 g/mol. The van der Waals surface area contributed by atoms with Crippen molar-refractivity contribution in [2.24, 2.45) is 0 Å². The quantitative estimate of drug-likeness (QED) is 0.250. The first-order valence-electron chi connectivity index (χ1n) is 5.64. The SMILES string of the molecule is C=C(C#N)C(=O)OCCCCOCCOCC. The fraction of sp³-hybridized carbons (Fsp3) is 0.667. The fourth-order valence-corrected chi connectivity index (χ4v) is 0.968. The van der Waals surface area contributed by atoms with Crippen molar-refractivity contribution in [3.05, 3.63) is 12.2 Å². The van der Waals surface area contributed by atoms with Gasteiger partial charge in [-0.2, -0.15) is 5.26 Å². The van der Waals surface area contributed by atoms with E-state index in [0.717, 1.165) is 6.42 Å². The van der Waals surface area contributed by atoms with Gasteiger partial charge in [-0.1, -0.05) is 6.58 Å². The lowest BCUT2D eigenvalue weighted by molar-refractivity contribution is -0.138. The van der Waals surface area contributed by atoms with Crippen molar-refractivity contribution in [3.8, 4) is 6.07 Å². The molecule has 5 heteroatoms. The number of nitriles is 1. The first-order chi connectivity index (χ1) is 8.22. The second kappa shape index (κ2) is 11.1. The number of carbonyl (C=O) groups excluding carboxylic acids is 1. The van der Waals surface area contributed by atoms with Crippen molar-refractivity contribution in [1.82, 2.24) is 0 Å². The van der Waals surface area contributed by atoms with Crippen molar-refractivity contribution in [3.63, 3.8) is 0 Å². The first-order valence-corrected chi connectivity index (χ1v) is 5.64. The van der Waals surface area contributed by atoms with E-state index in [-0.39, 0.29) is 12.2 Å². The van der Waals surface area contributed by atoms with E-state index >= 15 is 0 Å². The molecule has 0 unspecified atom stereocenters. The molecule has 0 aromatic carbocycles. The molecule has 0 heterocycles. The highest BCUT2D eigenvalue weighted by Crippen LogP contribution is 1.96. The Balaban J connectivity index is 3.22. The molecule has 0 aliphatic carbocycles. The van der Waals surface area contributed by atoms with Crippen LogP contribution in [0.3, 0.4) is 0 Å². The van der Waals surface area contributed by atoms with Gasteiger partial charge in [0.05, 0.1) is 19.8 Å². The van der Waals surface area contributed by atoms with Gasteiger partial charge in [-0.25, -0.2) is 4.79 Å². The molecule has 0 radical (unpaired) electrons. The van der Waals surface area contributed by atoms with Crippen molar-refractivity contribution in [2.45, 2.75) is 19.8 Å². The summed E-state index contributed by atoms with van der Waals surface area (Å²) in [5, 5.41) is 8.37. The Labute approximate surface area is 102 Å². The molecule has 0 spiro atoms. The molecule has 0 saturated carbocycles. The Morgan fingerprint density at radius 2 is 1.82 bits per heavy atom. The highest BCUT2D eigenvalue weighted by atomic mass is 16.5. The van der Waals surface area contributed by atoms with Crippen LogP contribution in [0.4, 0.5) is 0 Å². The number of ether oxygens (including phenoxy) is 3. The fourth-order valence-electron chi connectivity index (χ4n) is 0.968. The highest BCUT2D eigenvalue weighted by molar-refractivity contribution is 5.91. The standard InChI is InChI=1S/C12H19NO4/c1-3-15-8-9-16-6-4-5-7-17-12(14)11(2)10-13/h2-9H2,1H3. The van der Waals surface area contributed by atoms with Crippen LogP contribution in [0.5, 0.6) is 0 Å². The van der Waals surface area contributed by atoms with E-state index in [1.807, 2.05) is 6.92 Å². The Morgan fingerprint density at radius 1 is 1.18 bits per heavy atom. The van der Waals surface area contributed by atoms with Gasteiger partial charge >= 0.3 is 5.97 Å². The molecule has 0 rings (SSSR count). The minimum absolute atomic E-state index is 0.169. The van der Waals surface area contributed by atoms with Gasteiger partial charge in [0.15, 0.2) is 0 Å². The van der Waals surface area contributed by atoms with E-state index in [2.05, 4.69) is 6.58 Å². The van der Waals surface area contributed by atoms with Crippen LogP contribution in [0.15, 0.2) is 12.2 Å². The molecule has 0 bridgehead atoms. The number of hydrogen-bond acceptors (Lipinski definition) is 5. The second-order valence-electron chi connectivity index (χ2n) is 3.24. The third-order valence-electron chi connectivity index (χ3n) is 1.87. The van der Waals surface area contributed by atoms with Gasteiger partial charge in [0.2, 0.25) is 0 Å². The van der Waals surface area contributed by atoms with Crippen molar-refractivity contribution < 1.29 is 19.0 Å². The lowest BCUT2D eigenvalue weighted by Crippen LogP contribution is -2.09. The molecule has 96 valence electrons. The smallest absolute Gasteiger partial charge is 0.348 e. The monoisotopic (exact) mass is 241 g/mol. The third-order valence-corrected chi connectivity index (χ3v) is 1.87. The maximum absolute atomic E-state index is 11.0. The first kappa shape index (κ1) is 15.6. The lowest BCUT2D eigenvalue weighted by atomic mass is 10.3. The summed E-state index contributed by atoms with van der Waals surface area (Å²) < 4.78 is 15.2. The third kappa shape index (κ3) is 9.54. The van der Waals surface area contributed by atoms with E-state index in [1.165, 1.54) is 0 Å². The summed E-state index contributed by atoms with van der Waals surface area (Å²) in [6.45, 7) is 7.97. The van der Waals surface area contributed by atoms with E-state index < -0.39 is 5.97 Å². The second-order valence-corrected chi connectivity index (χ2v) is 3.24. The van der Waals surface area contributed by atoms with E-state index in [4.69, 9.17) is 19.5 Å². The summed E-state index contributed by atoms with van der Waals surface area (Å²) in [4.78, 5) is 11.0. The average Bonchev–Trinajstić information content (AvgIpc) is 2.35. The Hall–Kier alpha value is -1.38. The van der Waals surface area contributed by atoms with Gasteiger partial charge < -0.3 is 14.2 Å². The minimum Gasteiger partial charge on any atom is -0.462 e. The molecule has 0 N–H and O–H groups in total. The minimum atomic E-state index is -0.648. The van der Waals surface area contributed by atoms with Gasteiger partial charge in [0.1, 0.15) is 11.6 Å². The topological polar surface area (TPSA) is 68.6 Å². The van der Waals surface area contributed by atoms with Gasteiger partial charge in [0.25, 0.3) is 0 Å². The summed E-state index contributed by atoms with van der Waals surface area (Å²) >= 11 is 0. The largest absolute Gasteiger partial charge is 0.462 e. The predicted octanol–water partition coefficient (Wildman–Crippen LogP) is 1.44. The number of esters is 1. The summed E-state index contributed by atoms with van der Waals surface area (Å²) in [6.07, 6.45) is 1.51. The Morgan fingerprint density at radius 3 is 2.47 bits per heavy atom. The molecule has 0 fully saturated rings. The zero-order valence-electron chi connectivity index (χ0n) is 10.2. The van der Waals surface area contributed by atoms with E-state index in [1.54, 1.807) is 6.07 Å². The zero-order valence-corrected chi connectivity index (χ0v) is 10.2. The van der Waals surface area contributed by atoms with E-state index in [9.17, 15) is 4.79 Å². The number of nitrogens with zero attached hydrogens (tertiary/aromatic N) is 1. The van der Waals surface area contributed by atoms with Crippen molar-refractivity contribution in [2.75, 3.05) is 33.0 Å². The van der Waals surface area contributed by atoms with Crippen molar-refractivity contribution in [1.29, 1.82) is 5.26 Å². The van der Waals surface area contributed by atoms with Crippen LogP contribution in [0.2, 0.25) is 0 Å². The van der Waals surface area contributed by atoms with Gasteiger partial charge in [-0.3, -0.25) is 0 Å². The van der Waals surface area contributed by atoms with Gasteiger partial charge in [-0.15, -0.1) is 0 Å². The zero-order chi connectivity index (χ0) is 12.9. The predicted molar refractivity (Wildman–Crippen MR) is 62.3 cm³/mol. The van der Waals surface area contributed by atoms with Crippen LogP contribution in [0.25, 0.3) is 0 Å². The molecule has 0 atom stereocenters. The van der Waals surface area contributed by atoms with Crippen LogP contribution >= 0.6 is 0 Å². The Kier molecular flexibility index (Phi) is 10.2. The summed E-state index contributed by atoms with van der Waals surface area (Å²) in [5.41, 5.74) is -0.169. The van der Waals surface area contributed by atoms with Crippen LogP contribution in [-0.4, -0.2) is 39.0 Å². The molecule has 17 heavy (non-hydrogen) atoms. The molecular weight excluding hydrogens is 222 g/mol. The number of hydrogen-bond donors (Lipinski definition) is 0. The normalized spacial score (nSPS) is 9.65. The maximum Gasteiger partial charge on any atom is 0.348 e. The number of rotatable bonds is 10. The molecule has 0 aromatic heterocycles. The molecule has 0 saturated heterocycles. The van der Waals surface area contributed by atoms with Crippen molar-refractivity contribution >= 4 is 5.97 Å². The lowest BCUT2D eigenvalue weighted by Gasteiger charge is -2.05. The van der Waals surface area contributed by atoms with Crippen LogP contribution in [-0.2, 0) is 19.0 Å². The molecule has 0 amide bonds. The summed E-state index contributed by atoms with van der Waals surface area (Å²) in [6, 6.07) is 1.64. The Bertz CT molecular complexity index is 270. The molecule has 5 nitrogen and oxygen atoms in total. The summed E-state index contributed by atoms with van der Waals surface area (Å²) in [7, 11) is 0. The summed E-state index contributed by atoms with van der Waals surface area (Å²) in [5.74, 6) is -0.648. The molecule has 0 aromatic rings. The van der Waals surface area contributed by atoms with Crippen LogP contribution in [0.1, 0.15) is 19.8 Å². The van der Waals surface area contributed by atoms with Crippen LogP contribution in [0, 0.1) is 11.3 Å². The van der Waals surface area contributed by atoms with Gasteiger partial charge in [-0.05, 0) is 19.8 Å². The number of unbranched alkanes of at least 4 members (excludes halogenated alkanes) is 1. The van der Waals surface area contributed by atoms with Crippen LogP contribution < -0.4 is 0 Å². The van der Waals surface area contributed by atoms with E-state index in [0.29, 0.717) is 32.8 Å².